The van der Waals surface area contributed by atoms with Gasteiger partial charge in [0.25, 0.3) is 0 Å². The van der Waals surface area contributed by atoms with E-state index in [2.05, 4.69) is 4.74 Å². The highest BCUT2D eigenvalue weighted by Gasteiger charge is 2.42. The third-order valence-corrected chi connectivity index (χ3v) is 2.90. The van der Waals surface area contributed by atoms with E-state index in [4.69, 9.17) is 10.5 Å². The van der Waals surface area contributed by atoms with Crippen LogP contribution in [0.2, 0.25) is 0 Å². The van der Waals surface area contributed by atoms with E-state index < -0.39 is 17.5 Å². The fraction of sp³-hybridized carbons (Fsp3) is 0.889. The maximum Gasteiger partial charge on any atom is 0.335 e. The van der Waals surface area contributed by atoms with Crippen molar-refractivity contribution in [1.29, 1.82) is 0 Å². The van der Waals surface area contributed by atoms with E-state index in [1.165, 1.54) is 7.11 Å². The van der Waals surface area contributed by atoms with Crippen LogP contribution in [0.3, 0.4) is 0 Å². The smallest absolute Gasteiger partial charge is 0.335 e. The number of carbonyl (C=O) groups is 1. The number of carbonyl (C=O) groups excluding carboxylic acids is 1. The molecular weight excluding hydrogens is 186 g/mol. The average Bonchev–Trinajstić information content (AvgIpc) is 2.28. The molecule has 1 aliphatic heterocycles. The molecule has 1 aliphatic rings. The number of hydrogen-bond acceptors (Lipinski definition) is 5. The first-order chi connectivity index (χ1) is 6.66. The van der Waals surface area contributed by atoms with Crippen molar-refractivity contribution in [3.63, 3.8) is 0 Å². The Bertz CT molecular complexity index is 201. The number of esters is 1. The molecule has 3 N–H and O–H groups in total. The fourth-order valence-electron chi connectivity index (χ4n) is 1.73. The predicted octanol–water partition coefficient (Wildman–Crippen LogP) is -0.724. The molecule has 82 valence electrons. The fourth-order valence-corrected chi connectivity index (χ4v) is 1.73. The van der Waals surface area contributed by atoms with Crippen molar-refractivity contribution >= 4 is 5.97 Å². The van der Waals surface area contributed by atoms with Crippen molar-refractivity contribution in [3.05, 3.63) is 0 Å². The third-order valence-electron chi connectivity index (χ3n) is 2.90. The topological polar surface area (TPSA) is 81.8 Å². The lowest BCUT2D eigenvalue weighted by Gasteiger charge is -2.38. The second-order valence-electron chi connectivity index (χ2n) is 3.60. The van der Waals surface area contributed by atoms with Gasteiger partial charge in [0.2, 0.25) is 0 Å². The van der Waals surface area contributed by atoms with Gasteiger partial charge >= 0.3 is 5.97 Å². The van der Waals surface area contributed by atoms with E-state index in [-0.39, 0.29) is 6.54 Å². The largest absolute Gasteiger partial charge is 0.467 e. The molecule has 1 rings (SSSR count). The van der Waals surface area contributed by atoms with E-state index >= 15 is 0 Å². The molecule has 5 heteroatoms. The Kier molecular flexibility index (Phi) is 3.86. The molecule has 1 unspecified atom stereocenters. The second-order valence-corrected chi connectivity index (χ2v) is 3.60. The molecule has 1 fully saturated rings. The van der Waals surface area contributed by atoms with Crippen LogP contribution in [0.25, 0.3) is 0 Å². The van der Waals surface area contributed by atoms with Crippen LogP contribution in [0.15, 0.2) is 0 Å². The van der Waals surface area contributed by atoms with Gasteiger partial charge in [-0.15, -0.1) is 0 Å². The van der Waals surface area contributed by atoms with Crippen molar-refractivity contribution in [2.24, 2.45) is 11.1 Å². The molecule has 5 nitrogen and oxygen atoms in total. The molecule has 0 aromatic heterocycles. The first-order valence-corrected chi connectivity index (χ1v) is 4.70. The Labute approximate surface area is 83.2 Å². The van der Waals surface area contributed by atoms with Gasteiger partial charge in [-0.1, -0.05) is 0 Å². The first kappa shape index (κ1) is 11.4. The van der Waals surface area contributed by atoms with E-state index in [1.54, 1.807) is 0 Å². The lowest BCUT2D eigenvalue weighted by atomic mass is 9.75. The first-order valence-electron chi connectivity index (χ1n) is 4.70. The molecule has 1 saturated heterocycles. The summed E-state index contributed by atoms with van der Waals surface area (Å²) >= 11 is 0. The summed E-state index contributed by atoms with van der Waals surface area (Å²) in [4.78, 5) is 11.2. The summed E-state index contributed by atoms with van der Waals surface area (Å²) in [5.41, 5.74) is 5.04. The van der Waals surface area contributed by atoms with Crippen LogP contribution in [0, 0.1) is 5.41 Å². The Morgan fingerprint density at radius 1 is 1.64 bits per heavy atom. The molecular formula is C9H17NO4. The molecule has 1 heterocycles. The van der Waals surface area contributed by atoms with Gasteiger partial charge in [0.1, 0.15) is 0 Å². The number of nitrogens with two attached hydrogens (primary N) is 1. The molecule has 0 spiro atoms. The second kappa shape index (κ2) is 4.72. The molecule has 0 radical (unpaired) electrons. The molecule has 0 aromatic carbocycles. The van der Waals surface area contributed by atoms with Crippen molar-refractivity contribution in [1.82, 2.24) is 0 Å². The van der Waals surface area contributed by atoms with Crippen LogP contribution in [0.5, 0.6) is 0 Å². The lowest BCUT2D eigenvalue weighted by molar-refractivity contribution is -0.162. The Balaban J connectivity index is 2.71. The Hall–Kier alpha value is -0.650. The van der Waals surface area contributed by atoms with Crippen molar-refractivity contribution in [3.8, 4) is 0 Å². The van der Waals surface area contributed by atoms with Gasteiger partial charge in [-0.25, -0.2) is 4.79 Å². The van der Waals surface area contributed by atoms with Gasteiger partial charge in [0, 0.05) is 25.2 Å². The molecule has 0 saturated carbocycles. The Morgan fingerprint density at radius 2 is 2.21 bits per heavy atom. The zero-order valence-corrected chi connectivity index (χ0v) is 8.36. The number of rotatable bonds is 3. The molecule has 14 heavy (non-hydrogen) atoms. The minimum absolute atomic E-state index is 0.270. The summed E-state index contributed by atoms with van der Waals surface area (Å²) in [7, 11) is 1.26. The van der Waals surface area contributed by atoms with Crippen LogP contribution >= 0.6 is 0 Å². The van der Waals surface area contributed by atoms with E-state index in [1.807, 2.05) is 0 Å². The van der Waals surface area contributed by atoms with E-state index in [0.29, 0.717) is 26.1 Å². The summed E-state index contributed by atoms with van der Waals surface area (Å²) in [6.45, 7) is 1.34. The van der Waals surface area contributed by atoms with Gasteiger partial charge in [0.15, 0.2) is 6.10 Å². The van der Waals surface area contributed by atoms with Crippen LogP contribution in [0.1, 0.15) is 12.8 Å². The highest BCUT2D eigenvalue weighted by Crippen LogP contribution is 2.33. The lowest BCUT2D eigenvalue weighted by Crippen LogP contribution is -2.49. The monoisotopic (exact) mass is 203 g/mol. The number of aliphatic hydroxyl groups is 1. The summed E-state index contributed by atoms with van der Waals surface area (Å²) in [5, 5.41) is 9.78. The standard InChI is InChI=1S/C9H17NO4/c1-13-8(12)7(11)9(6-10)2-4-14-5-3-9/h7,11H,2-6,10H2,1H3. The number of ether oxygens (including phenoxy) is 2. The number of aliphatic hydroxyl groups excluding tert-OH is 1. The molecule has 0 amide bonds. The quantitative estimate of drug-likeness (QED) is 0.591. The van der Waals surface area contributed by atoms with Gasteiger partial charge in [-0.2, -0.15) is 0 Å². The minimum Gasteiger partial charge on any atom is -0.467 e. The molecule has 1 atom stereocenters. The minimum atomic E-state index is -1.14. The number of hydrogen-bond donors (Lipinski definition) is 2. The highest BCUT2D eigenvalue weighted by atomic mass is 16.5. The normalized spacial score (nSPS) is 22.8. The number of methoxy groups -OCH3 is 1. The van der Waals surface area contributed by atoms with E-state index in [9.17, 15) is 9.90 Å². The summed E-state index contributed by atoms with van der Waals surface area (Å²) < 4.78 is 9.68. The molecule has 0 aliphatic carbocycles. The SMILES string of the molecule is COC(=O)C(O)C1(CN)CCOCC1. The zero-order chi connectivity index (χ0) is 10.6. The van der Waals surface area contributed by atoms with Gasteiger partial charge < -0.3 is 20.3 Å². The molecule has 0 aromatic rings. The molecule has 0 bridgehead atoms. The average molecular weight is 203 g/mol. The summed E-state index contributed by atoms with van der Waals surface area (Å²) in [6, 6.07) is 0. The van der Waals surface area contributed by atoms with Crippen molar-refractivity contribution in [2.45, 2.75) is 18.9 Å². The maximum atomic E-state index is 11.2. The van der Waals surface area contributed by atoms with Crippen LogP contribution in [0.4, 0.5) is 0 Å². The summed E-state index contributed by atoms with van der Waals surface area (Å²) in [5.74, 6) is -0.614. The van der Waals surface area contributed by atoms with Gasteiger partial charge in [-0.3, -0.25) is 0 Å². The summed E-state index contributed by atoms with van der Waals surface area (Å²) in [6.07, 6.45) is 0.0564. The van der Waals surface area contributed by atoms with Crippen molar-refractivity contribution < 1.29 is 19.4 Å². The van der Waals surface area contributed by atoms with Crippen LogP contribution in [-0.4, -0.2) is 44.0 Å². The highest BCUT2D eigenvalue weighted by molar-refractivity contribution is 5.75. The van der Waals surface area contributed by atoms with Crippen LogP contribution < -0.4 is 5.73 Å². The predicted molar refractivity (Wildman–Crippen MR) is 49.6 cm³/mol. The van der Waals surface area contributed by atoms with Gasteiger partial charge in [0.05, 0.1) is 7.11 Å². The Morgan fingerprint density at radius 3 is 2.64 bits per heavy atom. The maximum absolute atomic E-state index is 11.2. The van der Waals surface area contributed by atoms with Crippen molar-refractivity contribution in [2.75, 3.05) is 26.9 Å². The van der Waals surface area contributed by atoms with E-state index in [0.717, 1.165) is 0 Å². The third kappa shape index (κ3) is 2.05. The van der Waals surface area contributed by atoms with Gasteiger partial charge in [-0.05, 0) is 12.8 Å². The van der Waals surface area contributed by atoms with Crippen LogP contribution in [-0.2, 0) is 14.3 Å². The zero-order valence-electron chi connectivity index (χ0n) is 8.36.